The third-order valence-electron chi connectivity index (χ3n) is 8.34. The second-order valence-corrected chi connectivity index (χ2v) is 12.5. The summed E-state index contributed by atoms with van der Waals surface area (Å²) in [5.74, 6) is 4.32. The van der Waals surface area contributed by atoms with E-state index < -0.39 is 0 Å². The van der Waals surface area contributed by atoms with Crippen LogP contribution in [-0.2, 0) is 17.6 Å². The molecule has 0 aromatic heterocycles. The molecule has 2 aromatic rings. The van der Waals surface area contributed by atoms with Crippen molar-refractivity contribution in [3.8, 4) is 5.75 Å². The molecule has 2 saturated carbocycles. The van der Waals surface area contributed by atoms with Gasteiger partial charge in [-0.05, 0) is 97.7 Å². The van der Waals surface area contributed by atoms with Crippen LogP contribution in [0.15, 0.2) is 48.5 Å². The van der Waals surface area contributed by atoms with E-state index >= 15 is 0 Å². The molecule has 0 spiro atoms. The van der Waals surface area contributed by atoms with Crippen LogP contribution in [0.1, 0.15) is 74.7 Å². The van der Waals surface area contributed by atoms with Crippen LogP contribution in [0.4, 0.5) is 0 Å². The first-order chi connectivity index (χ1) is 16.1. The zero-order valence-corrected chi connectivity index (χ0v) is 21.6. The highest BCUT2D eigenvalue weighted by Crippen LogP contribution is 2.50. The molecule has 0 amide bonds. The first-order valence-electron chi connectivity index (χ1n) is 13.2. The highest BCUT2D eigenvalue weighted by atomic mass is 31.1. The molecule has 178 valence electrons. The normalized spacial score (nSPS) is 26.4. The van der Waals surface area contributed by atoms with E-state index in [9.17, 15) is 0 Å². The van der Waals surface area contributed by atoms with Crippen LogP contribution in [0.3, 0.4) is 0 Å². The van der Waals surface area contributed by atoms with Gasteiger partial charge in [0.05, 0.1) is 6.10 Å². The van der Waals surface area contributed by atoms with Crippen molar-refractivity contribution in [3.05, 3.63) is 65.2 Å². The van der Waals surface area contributed by atoms with Crippen molar-refractivity contribution in [1.29, 1.82) is 0 Å². The quantitative estimate of drug-likeness (QED) is 0.264. The van der Waals surface area contributed by atoms with E-state index in [0.717, 1.165) is 57.3 Å². The molecule has 6 atom stereocenters. The standard InChI is InChI=1S/C30H41O2P/c1-20(2)14-29(33-3)22-10-12-27(13-11-22)31-30(19-26-16-21-8-9-25(26)15-21)32-28-17-23-6-4-5-7-24(23)18-28/h4-7,10-13,20-21,25-26,28-30,33H,8-9,14-19H2,1-3H3. The van der Waals surface area contributed by atoms with E-state index in [1.165, 1.54) is 48.8 Å². The predicted molar refractivity (Wildman–Crippen MR) is 140 cm³/mol. The van der Waals surface area contributed by atoms with Crippen molar-refractivity contribution in [2.24, 2.45) is 23.7 Å². The lowest BCUT2D eigenvalue weighted by atomic mass is 9.86. The molecular formula is C30H41O2P. The summed E-state index contributed by atoms with van der Waals surface area (Å²) in [5.41, 5.74) is 5.01. The molecule has 3 aliphatic rings. The first-order valence-corrected chi connectivity index (χ1v) is 14.8. The lowest BCUT2D eigenvalue weighted by molar-refractivity contribution is -0.128. The zero-order chi connectivity index (χ0) is 22.8. The molecule has 2 bridgehead atoms. The monoisotopic (exact) mass is 464 g/mol. The summed E-state index contributed by atoms with van der Waals surface area (Å²) in [7, 11) is 0.938. The topological polar surface area (TPSA) is 18.5 Å². The molecule has 0 N–H and O–H groups in total. The van der Waals surface area contributed by atoms with Gasteiger partial charge in [-0.1, -0.05) is 56.7 Å². The smallest absolute Gasteiger partial charge is 0.200 e. The summed E-state index contributed by atoms with van der Waals surface area (Å²) in [4.78, 5) is 0. The van der Waals surface area contributed by atoms with Crippen LogP contribution >= 0.6 is 8.58 Å². The van der Waals surface area contributed by atoms with Gasteiger partial charge in [0.1, 0.15) is 5.75 Å². The highest BCUT2D eigenvalue weighted by molar-refractivity contribution is 7.37. The van der Waals surface area contributed by atoms with Crippen LogP contribution in [0, 0.1) is 23.7 Å². The zero-order valence-electron chi connectivity index (χ0n) is 20.6. The van der Waals surface area contributed by atoms with Crippen molar-refractivity contribution < 1.29 is 9.47 Å². The van der Waals surface area contributed by atoms with E-state index in [4.69, 9.17) is 9.47 Å². The number of rotatable bonds is 10. The highest BCUT2D eigenvalue weighted by Gasteiger charge is 2.41. The molecule has 33 heavy (non-hydrogen) atoms. The number of ether oxygens (including phenoxy) is 2. The SMILES string of the molecule is CPC(CC(C)C)c1ccc(OC(CC2CC3CCC2C3)OC2Cc3ccccc3C2)cc1. The first kappa shape index (κ1) is 23.4. The van der Waals surface area contributed by atoms with E-state index in [1.807, 2.05) is 0 Å². The van der Waals surface area contributed by atoms with Gasteiger partial charge >= 0.3 is 0 Å². The van der Waals surface area contributed by atoms with Crippen LogP contribution in [-0.4, -0.2) is 19.1 Å². The van der Waals surface area contributed by atoms with E-state index in [1.54, 1.807) is 0 Å². The van der Waals surface area contributed by atoms with Gasteiger partial charge < -0.3 is 9.47 Å². The van der Waals surface area contributed by atoms with Gasteiger partial charge in [0.25, 0.3) is 0 Å². The molecule has 3 heteroatoms. The molecule has 0 saturated heterocycles. The summed E-state index contributed by atoms with van der Waals surface area (Å²) in [6.07, 6.45) is 10.1. The summed E-state index contributed by atoms with van der Waals surface area (Å²) in [6, 6.07) is 17.8. The van der Waals surface area contributed by atoms with Crippen molar-refractivity contribution in [3.63, 3.8) is 0 Å². The fourth-order valence-electron chi connectivity index (χ4n) is 6.70. The summed E-state index contributed by atoms with van der Waals surface area (Å²) >= 11 is 0. The van der Waals surface area contributed by atoms with Gasteiger partial charge in [-0.15, -0.1) is 8.58 Å². The Balaban J connectivity index is 1.26. The number of benzene rings is 2. The Hall–Kier alpha value is -1.37. The largest absolute Gasteiger partial charge is 0.465 e. The maximum absolute atomic E-state index is 6.70. The van der Waals surface area contributed by atoms with E-state index in [2.05, 4.69) is 69.0 Å². The Labute approximate surface area is 202 Å². The third kappa shape index (κ3) is 5.66. The summed E-state index contributed by atoms with van der Waals surface area (Å²) in [6.45, 7) is 6.98. The molecule has 5 rings (SSSR count). The predicted octanol–water partition coefficient (Wildman–Crippen LogP) is 7.80. The maximum Gasteiger partial charge on any atom is 0.200 e. The molecule has 3 aliphatic carbocycles. The lowest BCUT2D eigenvalue weighted by Gasteiger charge is -2.29. The van der Waals surface area contributed by atoms with Gasteiger partial charge in [0.15, 0.2) is 6.29 Å². The van der Waals surface area contributed by atoms with Crippen LogP contribution in [0.25, 0.3) is 0 Å². The minimum absolute atomic E-state index is 0.140. The Morgan fingerprint density at radius 1 is 0.939 bits per heavy atom. The van der Waals surface area contributed by atoms with Crippen LogP contribution in [0.2, 0.25) is 0 Å². The maximum atomic E-state index is 6.70. The Morgan fingerprint density at radius 3 is 2.24 bits per heavy atom. The molecule has 0 aliphatic heterocycles. The van der Waals surface area contributed by atoms with Crippen LogP contribution < -0.4 is 4.74 Å². The van der Waals surface area contributed by atoms with Crippen molar-refractivity contribution in [2.45, 2.75) is 83.3 Å². The Morgan fingerprint density at radius 2 is 1.67 bits per heavy atom. The lowest BCUT2D eigenvalue weighted by Crippen LogP contribution is -2.31. The fraction of sp³-hybridized carbons (Fsp3) is 0.600. The average molecular weight is 465 g/mol. The van der Waals surface area contributed by atoms with Gasteiger partial charge in [0, 0.05) is 12.1 Å². The minimum Gasteiger partial charge on any atom is -0.465 e. The second-order valence-electron chi connectivity index (χ2n) is 11.2. The molecule has 2 nitrogen and oxygen atoms in total. The summed E-state index contributed by atoms with van der Waals surface area (Å²) in [5, 5.41) is 0. The molecular weight excluding hydrogens is 423 g/mol. The molecule has 6 unspecified atom stereocenters. The van der Waals surface area contributed by atoms with E-state index in [0.29, 0.717) is 5.66 Å². The fourth-order valence-corrected chi connectivity index (χ4v) is 7.93. The average Bonchev–Trinajstić information content (AvgIpc) is 3.53. The molecule has 0 heterocycles. The van der Waals surface area contributed by atoms with E-state index in [-0.39, 0.29) is 12.4 Å². The Kier molecular flexibility index (Phi) is 7.43. The summed E-state index contributed by atoms with van der Waals surface area (Å²) < 4.78 is 13.3. The second kappa shape index (κ2) is 10.5. The molecule has 2 aromatic carbocycles. The third-order valence-corrected chi connectivity index (χ3v) is 9.61. The minimum atomic E-state index is -0.140. The van der Waals surface area contributed by atoms with Crippen molar-refractivity contribution >= 4 is 8.58 Å². The van der Waals surface area contributed by atoms with Gasteiger partial charge in [-0.25, -0.2) is 0 Å². The van der Waals surface area contributed by atoms with Gasteiger partial charge in [-0.3, -0.25) is 0 Å². The number of fused-ring (bicyclic) bond motifs is 3. The van der Waals surface area contributed by atoms with Crippen molar-refractivity contribution in [1.82, 2.24) is 0 Å². The molecule has 2 fully saturated rings. The van der Waals surface area contributed by atoms with Gasteiger partial charge in [-0.2, -0.15) is 0 Å². The number of hydrogen-bond acceptors (Lipinski definition) is 2. The Bertz CT molecular complexity index is 883. The van der Waals surface area contributed by atoms with Crippen molar-refractivity contribution in [2.75, 3.05) is 6.66 Å². The van der Waals surface area contributed by atoms with Crippen LogP contribution in [0.5, 0.6) is 5.75 Å². The molecule has 0 radical (unpaired) electrons. The van der Waals surface area contributed by atoms with Gasteiger partial charge in [0.2, 0.25) is 0 Å². The number of hydrogen-bond donors (Lipinski definition) is 0.